The third-order valence-electron chi connectivity index (χ3n) is 3.72. The Morgan fingerprint density at radius 3 is 2.33 bits per heavy atom. The minimum Gasteiger partial charge on any atom is -0.406 e. The van der Waals surface area contributed by atoms with Crippen LogP contribution in [0.4, 0.5) is 17.6 Å². The second kappa shape index (κ2) is 7.31. The van der Waals surface area contributed by atoms with Gasteiger partial charge in [-0.15, -0.1) is 25.6 Å². The molecule has 0 unspecified atom stereocenters. The minimum atomic E-state index is -4.79. The molecule has 1 aromatic rings. The Bertz CT molecular complexity index is 461. The van der Waals surface area contributed by atoms with Crippen molar-refractivity contribution in [2.24, 2.45) is 11.7 Å². The maximum absolute atomic E-state index is 13.8. The molecule has 1 aromatic carbocycles. The van der Waals surface area contributed by atoms with E-state index in [0.29, 0.717) is 0 Å². The summed E-state index contributed by atoms with van der Waals surface area (Å²) in [5.74, 6) is -0.905. The highest BCUT2D eigenvalue weighted by molar-refractivity contribution is 5.85. The first-order valence-electron chi connectivity index (χ1n) is 6.67. The first-order valence-corrected chi connectivity index (χ1v) is 6.67. The predicted molar refractivity (Wildman–Crippen MR) is 73.8 cm³/mol. The van der Waals surface area contributed by atoms with Crippen LogP contribution in [0, 0.1) is 11.7 Å². The molecule has 1 fully saturated rings. The Morgan fingerprint density at radius 1 is 1.14 bits per heavy atom. The summed E-state index contributed by atoms with van der Waals surface area (Å²) in [6, 6.07) is 2.40. The highest BCUT2D eigenvalue weighted by Gasteiger charge is 2.32. The largest absolute Gasteiger partial charge is 0.573 e. The van der Waals surface area contributed by atoms with Crippen LogP contribution in [0.15, 0.2) is 18.2 Å². The number of ether oxygens (including phenoxy) is 1. The lowest BCUT2D eigenvalue weighted by atomic mass is 9.81. The van der Waals surface area contributed by atoms with Gasteiger partial charge >= 0.3 is 6.36 Å². The SMILES string of the molecule is Cl.N[C@@H](c1cc(OC(F)(F)F)ccc1F)C1CCCCC1. The second-order valence-electron chi connectivity index (χ2n) is 5.15. The van der Waals surface area contributed by atoms with Crippen molar-refractivity contribution < 1.29 is 22.3 Å². The van der Waals surface area contributed by atoms with Crippen LogP contribution in [0.3, 0.4) is 0 Å². The Labute approximate surface area is 127 Å². The first kappa shape index (κ1) is 18.0. The van der Waals surface area contributed by atoms with Crippen LogP contribution < -0.4 is 10.5 Å². The maximum Gasteiger partial charge on any atom is 0.573 e. The van der Waals surface area contributed by atoms with Gasteiger partial charge in [-0.3, -0.25) is 0 Å². The normalized spacial score (nSPS) is 18.0. The summed E-state index contributed by atoms with van der Waals surface area (Å²) < 4.78 is 54.2. The Morgan fingerprint density at radius 2 is 1.76 bits per heavy atom. The molecule has 1 aliphatic rings. The van der Waals surface area contributed by atoms with Gasteiger partial charge in [-0.05, 0) is 37.0 Å². The fourth-order valence-corrected chi connectivity index (χ4v) is 2.72. The van der Waals surface area contributed by atoms with E-state index in [1.807, 2.05) is 0 Å². The zero-order chi connectivity index (χ0) is 14.8. The fourth-order valence-electron chi connectivity index (χ4n) is 2.72. The van der Waals surface area contributed by atoms with Crippen molar-refractivity contribution >= 4 is 12.4 Å². The molecule has 0 aliphatic heterocycles. The molecule has 0 bridgehead atoms. The lowest BCUT2D eigenvalue weighted by Gasteiger charge is -2.28. The van der Waals surface area contributed by atoms with Crippen LogP contribution in [0.25, 0.3) is 0 Å². The minimum absolute atomic E-state index is 0. The average molecular weight is 328 g/mol. The molecule has 7 heteroatoms. The van der Waals surface area contributed by atoms with Gasteiger partial charge in [0.15, 0.2) is 0 Å². The van der Waals surface area contributed by atoms with E-state index < -0.39 is 24.0 Å². The predicted octanol–water partition coefficient (Wildman–Crippen LogP) is 4.73. The molecular weight excluding hydrogens is 310 g/mol. The van der Waals surface area contributed by atoms with Gasteiger partial charge in [0.05, 0.1) is 0 Å². The lowest BCUT2D eigenvalue weighted by Crippen LogP contribution is -2.25. The molecule has 2 N–H and O–H groups in total. The molecule has 0 spiro atoms. The van der Waals surface area contributed by atoms with Crippen LogP contribution in [-0.2, 0) is 0 Å². The number of benzene rings is 1. The molecule has 2 rings (SSSR count). The quantitative estimate of drug-likeness (QED) is 0.815. The standard InChI is InChI=1S/C14H17F4NO.ClH/c15-12-7-6-10(20-14(16,17)18)8-11(12)13(19)9-4-2-1-3-5-9;/h6-9,13H,1-5,19H2;1H/t13-;/m1./s1. The molecule has 0 aromatic heterocycles. The number of halogens is 5. The van der Waals surface area contributed by atoms with Gasteiger partial charge in [0.1, 0.15) is 11.6 Å². The first-order chi connectivity index (χ1) is 9.37. The highest BCUT2D eigenvalue weighted by atomic mass is 35.5. The van der Waals surface area contributed by atoms with E-state index in [1.165, 1.54) is 0 Å². The zero-order valence-corrected chi connectivity index (χ0v) is 12.1. The third-order valence-corrected chi connectivity index (χ3v) is 3.72. The van der Waals surface area contributed by atoms with Gasteiger partial charge in [-0.2, -0.15) is 0 Å². The van der Waals surface area contributed by atoms with E-state index in [0.717, 1.165) is 50.3 Å². The topological polar surface area (TPSA) is 35.2 Å². The van der Waals surface area contributed by atoms with Crippen molar-refractivity contribution in [1.82, 2.24) is 0 Å². The molecule has 21 heavy (non-hydrogen) atoms. The number of alkyl halides is 3. The molecule has 0 heterocycles. The molecule has 1 atom stereocenters. The second-order valence-corrected chi connectivity index (χ2v) is 5.15. The van der Waals surface area contributed by atoms with Crippen LogP contribution in [0.5, 0.6) is 5.75 Å². The summed E-state index contributed by atoms with van der Waals surface area (Å²) in [7, 11) is 0. The molecular formula is C14H18ClF4NO. The molecule has 1 aliphatic carbocycles. The van der Waals surface area contributed by atoms with Crippen molar-refractivity contribution in [3.8, 4) is 5.75 Å². The third kappa shape index (κ3) is 5.04. The molecule has 120 valence electrons. The van der Waals surface area contributed by atoms with Crippen molar-refractivity contribution in [3.05, 3.63) is 29.6 Å². The summed E-state index contributed by atoms with van der Waals surface area (Å²) in [4.78, 5) is 0. The maximum atomic E-state index is 13.8. The Kier molecular flexibility index (Phi) is 6.28. The van der Waals surface area contributed by atoms with Gasteiger partial charge in [0.2, 0.25) is 0 Å². The summed E-state index contributed by atoms with van der Waals surface area (Å²) in [5, 5.41) is 0. The summed E-state index contributed by atoms with van der Waals surface area (Å²) >= 11 is 0. The Balaban J connectivity index is 0.00000220. The molecule has 0 saturated heterocycles. The Hall–Kier alpha value is -1.01. The smallest absolute Gasteiger partial charge is 0.406 e. The lowest BCUT2D eigenvalue weighted by molar-refractivity contribution is -0.274. The van der Waals surface area contributed by atoms with Crippen molar-refractivity contribution in [3.63, 3.8) is 0 Å². The van der Waals surface area contributed by atoms with Crippen molar-refractivity contribution in [2.75, 3.05) is 0 Å². The van der Waals surface area contributed by atoms with E-state index in [1.54, 1.807) is 0 Å². The number of hydrogen-bond donors (Lipinski definition) is 1. The van der Waals surface area contributed by atoms with E-state index in [9.17, 15) is 17.6 Å². The van der Waals surface area contributed by atoms with E-state index in [-0.39, 0.29) is 23.9 Å². The molecule has 0 amide bonds. The summed E-state index contributed by atoms with van der Waals surface area (Å²) in [5.41, 5.74) is 6.12. The van der Waals surface area contributed by atoms with Gasteiger partial charge in [-0.25, -0.2) is 4.39 Å². The number of nitrogens with two attached hydrogens (primary N) is 1. The summed E-state index contributed by atoms with van der Waals surface area (Å²) in [6.07, 6.45) is 0.153. The van der Waals surface area contributed by atoms with Gasteiger partial charge < -0.3 is 10.5 Å². The molecule has 0 radical (unpaired) electrons. The molecule has 2 nitrogen and oxygen atoms in total. The molecule has 1 saturated carbocycles. The van der Waals surface area contributed by atoms with Gasteiger partial charge in [-0.1, -0.05) is 19.3 Å². The highest BCUT2D eigenvalue weighted by Crippen LogP contribution is 2.35. The van der Waals surface area contributed by atoms with Crippen molar-refractivity contribution in [1.29, 1.82) is 0 Å². The zero-order valence-electron chi connectivity index (χ0n) is 11.3. The van der Waals surface area contributed by atoms with Gasteiger partial charge in [0, 0.05) is 11.6 Å². The van der Waals surface area contributed by atoms with Crippen LogP contribution >= 0.6 is 12.4 Å². The summed E-state index contributed by atoms with van der Waals surface area (Å²) in [6.45, 7) is 0. The van der Waals surface area contributed by atoms with Crippen LogP contribution in [0.1, 0.15) is 43.7 Å². The van der Waals surface area contributed by atoms with E-state index >= 15 is 0 Å². The van der Waals surface area contributed by atoms with E-state index in [2.05, 4.69) is 4.74 Å². The van der Waals surface area contributed by atoms with Gasteiger partial charge in [0.25, 0.3) is 0 Å². The van der Waals surface area contributed by atoms with Crippen molar-refractivity contribution in [2.45, 2.75) is 44.5 Å². The van der Waals surface area contributed by atoms with Crippen LogP contribution in [0.2, 0.25) is 0 Å². The van der Waals surface area contributed by atoms with Crippen LogP contribution in [-0.4, -0.2) is 6.36 Å². The number of rotatable bonds is 3. The number of hydrogen-bond acceptors (Lipinski definition) is 2. The van der Waals surface area contributed by atoms with E-state index in [4.69, 9.17) is 5.73 Å². The average Bonchev–Trinajstić information content (AvgIpc) is 2.40. The fraction of sp³-hybridized carbons (Fsp3) is 0.571. The monoisotopic (exact) mass is 327 g/mol.